The van der Waals surface area contributed by atoms with E-state index in [-0.39, 0.29) is 31.8 Å². The van der Waals surface area contributed by atoms with Gasteiger partial charge < -0.3 is 65.4 Å². The van der Waals surface area contributed by atoms with Crippen LogP contribution in [0.4, 0.5) is 4.79 Å². The molecule has 24 nitrogen and oxygen atoms in total. The van der Waals surface area contributed by atoms with Crippen LogP contribution in [-0.2, 0) is 82.8 Å². The molecule has 7 N–H and O–H groups in total. The van der Waals surface area contributed by atoms with Gasteiger partial charge in [0.25, 0.3) is 0 Å². The standard InChI is InChI=1S/C49H56N6O18/c1-26(56)70-41-42(71-27(2)57)44(48(66)68-4)73-47(43(41)72-28(3)58)55-37(59)20-12-19-35(54-49(67)69-25-34-32-17-10-8-15-30(32)31-16-9-11-18-33(31)34)45(64)51-22-38(60)50-23-39(61)53-36(46(65)52-24-40(62)63)21-29-13-6-5-7-14-29/h5-11,13-18,34-36,41-44,47H,12,19-25H2,1-4H3,(H,50,60)(H,51,64)(H,52,65)(H,53,61)(H,54,67)(H,55,59)(H,62,63)/t35-,36-,41-,42-,43+,44-,47-/m0/s1. The summed E-state index contributed by atoms with van der Waals surface area (Å²) >= 11 is 0. The van der Waals surface area contributed by atoms with Gasteiger partial charge in [0.05, 0.1) is 20.2 Å². The second-order valence-corrected chi connectivity index (χ2v) is 16.6. The Morgan fingerprint density at radius 3 is 1.77 bits per heavy atom. The summed E-state index contributed by atoms with van der Waals surface area (Å²) < 4.78 is 32.1. The van der Waals surface area contributed by atoms with E-state index in [4.69, 9.17) is 33.5 Å². The van der Waals surface area contributed by atoms with Crippen molar-refractivity contribution in [2.45, 2.75) is 95.1 Å². The van der Waals surface area contributed by atoms with Gasteiger partial charge in [-0.15, -0.1) is 0 Å². The van der Waals surface area contributed by atoms with E-state index < -0.39 is 134 Å². The van der Waals surface area contributed by atoms with Crippen LogP contribution in [0.3, 0.4) is 0 Å². The number of esters is 4. The summed E-state index contributed by atoms with van der Waals surface area (Å²) in [7, 11) is 0.999. The smallest absolute Gasteiger partial charge is 0.407 e. The highest BCUT2D eigenvalue weighted by Crippen LogP contribution is 2.44. The number of methoxy groups -OCH3 is 1. The number of benzene rings is 3. The van der Waals surface area contributed by atoms with Crippen LogP contribution >= 0.6 is 0 Å². The maximum absolute atomic E-state index is 13.7. The Balaban J connectivity index is 1.25. The molecule has 0 saturated carbocycles. The zero-order chi connectivity index (χ0) is 53.2. The van der Waals surface area contributed by atoms with E-state index in [2.05, 4.69) is 31.9 Å². The Kier molecular flexibility index (Phi) is 20.3. The number of hydrogen-bond donors (Lipinski definition) is 7. The molecule has 1 heterocycles. The summed E-state index contributed by atoms with van der Waals surface area (Å²) in [4.78, 5) is 140. The number of carbonyl (C=O) groups is 11. The van der Waals surface area contributed by atoms with Crippen LogP contribution in [0.1, 0.15) is 62.6 Å². The highest BCUT2D eigenvalue weighted by atomic mass is 16.7. The lowest BCUT2D eigenvalue weighted by Crippen LogP contribution is -2.67. The number of carboxylic acids is 1. The van der Waals surface area contributed by atoms with E-state index in [0.29, 0.717) is 5.56 Å². The Morgan fingerprint density at radius 2 is 1.16 bits per heavy atom. The fraction of sp³-hybridized carbons (Fsp3) is 0.408. The second kappa shape index (κ2) is 26.7. The Bertz CT molecular complexity index is 2490. The largest absolute Gasteiger partial charge is 0.480 e. The van der Waals surface area contributed by atoms with E-state index in [1.807, 2.05) is 48.5 Å². The van der Waals surface area contributed by atoms with Crippen molar-refractivity contribution in [2.24, 2.45) is 0 Å². The zero-order valence-corrected chi connectivity index (χ0v) is 40.2. The Labute approximate surface area is 417 Å². The fourth-order valence-corrected chi connectivity index (χ4v) is 8.10. The molecule has 24 heteroatoms. The second-order valence-electron chi connectivity index (χ2n) is 16.6. The number of carboxylic acid groups (broad SMARTS) is 1. The van der Waals surface area contributed by atoms with Gasteiger partial charge >= 0.3 is 35.9 Å². The van der Waals surface area contributed by atoms with Gasteiger partial charge in [-0.1, -0.05) is 78.9 Å². The summed E-state index contributed by atoms with van der Waals surface area (Å²) in [6.45, 7) is 0.817. The summed E-state index contributed by atoms with van der Waals surface area (Å²) in [5, 5.41) is 23.3. The minimum absolute atomic E-state index is 0.00457. The predicted octanol–water partition coefficient (Wildman–Crippen LogP) is 0.0339. The monoisotopic (exact) mass is 1020 g/mol. The van der Waals surface area contributed by atoms with Crippen molar-refractivity contribution in [3.05, 3.63) is 95.6 Å². The number of fused-ring (bicyclic) bond motifs is 3. The van der Waals surface area contributed by atoms with Crippen molar-refractivity contribution in [2.75, 3.05) is 33.4 Å². The first-order valence-electron chi connectivity index (χ1n) is 22.9. The van der Waals surface area contributed by atoms with E-state index in [0.717, 1.165) is 50.1 Å². The van der Waals surface area contributed by atoms with Crippen LogP contribution in [0.25, 0.3) is 11.1 Å². The molecule has 0 bridgehead atoms. The minimum atomic E-state index is -1.79. The van der Waals surface area contributed by atoms with Crippen LogP contribution in [0.2, 0.25) is 0 Å². The molecular weight excluding hydrogens is 961 g/mol. The number of rotatable bonds is 23. The number of amides is 6. The molecular formula is C49H56N6O18. The van der Waals surface area contributed by atoms with Crippen molar-refractivity contribution in [3.63, 3.8) is 0 Å². The lowest BCUT2D eigenvalue weighted by molar-refractivity contribution is -0.252. The Morgan fingerprint density at radius 1 is 0.616 bits per heavy atom. The van der Waals surface area contributed by atoms with Crippen molar-refractivity contribution < 1.29 is 86.3 Å². The Hall–Kier alpha value is -8.41. The summed E-state index contributed by atoms with van der Waals surface area (Å²) in [6, 6.07) is 21.1. The normalized spacial score (nSPS) is 18.3. The third-order valence-corrected chi connectivity index (χ3v) is 11.2. The minimum Gasteiger partial charge on any atom is -0.480 e. The molecule has 0 radical (unpaired) electrons. The highest BCUT2D eigenvalue weighted by Gasteiger charge is 2.55. The molecule has 3 aromatic rings. The van der Waals surface area contributed by atoms with Crippen molar-refractivity contribution in [1.82, 2.24) is 31.9 Å². The van der Waals surface area contributed by atoms with Gasteiger partial charge in [0.1, 0.15) is 25.2 Å². The quantitative estimate of drug-likeness (QED) is 0.0487. The first-order chi connectivity index (χ1) is 34.8. The maximum atomic E-state index is 13.7. The molecule has 390 valence electrons. The van der Waals surface area contributed by atoms with Gasteiger partial charge in [-0.2, -0.15) is 0 Å². The van der Waals surface area contributed by atoms with Crippen LogP contribution in [0, 0.1) is 0 Å². The maximum Gasteiger partial charge on any atom is 0.407 e. The van der Waals surface area contributed by atoms with Crippen LogP contribution in [-0.4, -0.2) is 147 Å². The number of ether oxygens (including phenoxy) is 6. The van der Waals surface area contributed by atoms with Crippen molar-refractivity contribution in [3.8, 4) is 11.1 Å². The highest BCUT2D eigenvalue weighted by molar-refractivity contribution is 5.93. The third kappa shape index (κ3) is 16.3. The number of aliphatic carboxylic acids is 1. The SMILES string of the molecule is COC(=O)[C@H]1O[C@H](NC(=O)CCC[C@H](NC(=O)OCC2c3ccccc3-c3ccccc32)C(=O)NCC(=O)NCC(=O)N[C@@H](Cc2ccccc2)C(=O)NCC(=O)O)[C@H](OC(C)=O)[C@@H](OC(C)=O)[C@@H]1OC(C)=O. The molecule has 3 aromatic carbocycles. The molecule has 0 unspecified atom stereocenters. The molecule has 0 spiro atoms. The fourth-order valence-electron chi connectivity index (χ4n) is 8.10. The van der Waals surface area contributed by atoms with Crippen molar-refractivity contribution >= 4 is 65.5 Å². The number of alkyl carbamates (subject to hydrolysis) is 1. The average molecular weight is 1020 g/mol. The zero-order valence-electron chi connectivity index (χ0n) is 40.2. The molecule has 73 heavy (non-hydrogen) atoms. The van der Waals surface area contributed by atoms with Crippen LogP contribution in [0.5, 0.6) is 0 Å². The molecule has 1 aliphatic carbocycles. The van der Waals surface area contributed by atoms with Crippen LogP contribution in [0.15, 0.2) is 78.9 Å². The lowest BCUT2D eigenvalue weighted by Gasteiger charge is -2.43. The summed E-state index contributed by atoms with van der Waals surface area (Å²) in [5.74, 6) is -9.72. The van der Waals surface area contributed by atoms with Crippen LogP contribution < -0.4 is 31.9 Å². The van der Waals surface area contributed by atoms with Gasteiger partial charge in [-0.25, -0.2) is 9.59 Å². The first-order valence-corrected chi connectivity index (χ1v) is 22.9. The molecule has 6 amide bonds. The summed E-state index contributed by atoms with van der Waals surface area (Å²) in [5.41, 5.74) is 4.42. The van der Waals surface area contributed by atoms with E-state index >= 15 is 0 Å². The molecule has 1 fully saturated rings. The van der Waals surface area contributed by atoms with Gasteiger partial charge in [-0.3, -0.25) is 43.2 Å². The molecule has 7 atom stereocenters. The first kappa shape index (κ1) is 55.5. The molecule has 1 aliphatic heterocycles. The number of nitrogens with one attached hydrogen (secondary N) is 6. The third-order valence-electron chi connectivity index (χ3n) is 11.2. The molecule has 1 saturated heterocycles. The van der Waals surface area contributed by atoms with Gasteiger partial charge in [0.2, 0.25) is 29.5 Å². The van der Waals surface area contributed by atoms with Gasteiger partial charge in [0.15, 0.2) is 30.6 Å². The lowest BCUT2D eigenvalue weighted by atomic mass is 9.96. The number of carbonyl (C=O) groups excluding carboxylic acids is 10. The number of hydrogen-bond acceptors (Lipinski definition) is 17. The van der Waals surface area contributed by atoms with Gasteiger partial charge in [-0.05, 0) is 40.7 Å². The topological polar surface area (TPSA) is 336 Å². The molecule has 0 aromatic heterocycles. The van der Waals surface area contributed by atoms with E-state index in [1.165, 1.54) is 0 Å². The van der Waals surface area contributed by atoms with Crippen molar-refractivity contribution in [1.29, 1.82) is 0 Å². The van der Waals surface area contributed by atoms with E-state index in [1.54, 1.807) is 30.3 Å². The van der Waals surface area contributed by atoms with Gasteiger partial charge in [0, 0.05) is 39.5 Å². The average Bonchev–Trinajstić information content (AvgIpc) is 3.67. The molecule has 5 rings (SSSR count). The predicted molar refractivity (Wildman–Crippen MR) is 250 cm³/mol. The van der Waals surface area contributed by atoms with E-state index in [9.17, 15) is 52.7 Å². The summed E-state index contributed by atoms with van der Waals surface area (Å²) in [6.07, 6.45) is -10.4. The molecule has 2 aliphatic rings.